The van der Waals surface area contributed by atoms with Crippen LogP contribution < -0.4 is 5.32 Å². The van der Waals surface area contributed by atoms with Gasteiger partial charge in [0, 0.05) is 32.5 Å². The van der Waals surface area contributed by atoms with Crippen molar-refractivity contribution in [2.75, 3.05) is 19.6 Å². The maximum atomic E-state index is 11.7. The Morgan fingerprint density at radius 1 is 1.06 bits per heavy atom. The lowest BCUT2D eigenvalue weighted by molar-refractivity contribution is -0.130. The van der Waals surface area contributed by atoms with Gasteiger partial charge in [0.1, 0.15) is 0 Å². The summed E-state index contributed by atoms with van der Waals surface area (Å²) in [6.07, 6.45) is 8.28. The monoisotopic (exact) mass is 252 g/mol. The summed E-state index contributed by atoms with van der Waals surface area (Å²) in [5, 5.41) is 2.88. The molecule has 4 heteroatoms. The predicted octanol–water partition coefficient (Wildman–Crippen LogP) is 1.70. The molecule has 1 N–H and O–H groups in total. The number of carbonyl (C=O) groups excluding carboxylic acids is 2. The Morgan fingerprint density at radius 3 is 2.39 bits per heavy atom. The molecule has 4 nitrogen and oxygen atoms in total. The Kier molecular flexibility index (Phi) is 5.02. The number of likely N-dealkylation sites (tertiary alicyclic amines) is 1. The molecule has 2 aliphatic rings. The molecule has 1 heterocycles. The lowest BCUT2D eigenvalue weighted by Gasteiger charge is -2.15. The molecular weight excluding hydrogens is 228 g/mol. The first-order valence-corrected chi connectivity index (χ1v) is 7.30. The molecule has 0 spiro atoms. The Labute approximate surface area is 109 Å². The fraction of sp³-hybridized carbons (Fsp3) is 0.857. The van der Waals surface area contributed by atoms with Gasteiger partial charge in [0.2, 0.25) is 11.8 Å². The van der Waals surface area contributed by atoms with Crippen molar-refractivity contribution in [3.63, 3.8) is 0 Å². The summed E-state index contributed by atoms with van der Waals surface area (Å²) in [5.74, 6) is 0.893. The van der Waals surface area contributed by atoms with Crippen molar-refractivity contribution in [3.8, 4) is 0 Å². The molecule has 102 valence electrons. The summed E-state index contributed by atoms with van der Waals surface area (Å²) < 4.78 is 0. The van der Waals surface area contributed by atoms with E-state index in [2.05, 4.69) is 5.32 Å². The summed E-state index contributed by atoms with van der Waals surface area (Å²) in [7, 11) is 0. The predicted molar refractivity (Wildman–Crippen MR) is 70.0 cm³/mol. The third-order valence-corrected chi connectivity index (χ3v) is 4.07. The second-order valence-electron chi connectivity index (χ2n) is 5.54. The molecule has 1 aliphatic heterocycles. The van der Waals surface area contributed by atoms with Crippen molar-refractivity contribution < 1.29 is 9.59 Å². The van der Waals surface area contributed by atoms with Gasteiger partial charge in [-0.2, -0.15) is 0 Å². The van der Waals surface area contributed by atoms with Crippen molar-refractivity contribution in [2.24, 2.45) is 5.92 Å². The van der Waals surface area contributed by atoms with Gasteiger partial charge in [0.15, 0.2) is 0 Å². The molecule has 2 fully saturated rings. The molecule has 0 aromatic rings. The Hall–Kier alpha value is -1.06. The van der Waals surface area contributed by atoms with Crippen LogP contribution in [0.25, 0.3) is 0 Å². The average molecular weight is 252 g/mol. The third kappa shape index (κ3) is 4.00. The quantitative estimate of drug-likeness (QED) is 0.809. The fourth-order valence-electron chi connectivity index (χ4n) is 2.98. The average Bonchev–Trinajstić information content (AvgIpc) is 3.00. The van der Waals surface area contributed by atoms with Gasteiger partial charge in [-0.1, -0.05) is 12.8 Å². The zero-order chi connectivity index (χ0) is 12.8. The lowest BCUT2D eigenvalue weighted by atomic mass is 10.0. The first-order valence-electron chi connectivity index (χ1n) is 7.30. The normalized spacial score (nSPS) is 20.3. The van der Waals surface area contributed by atoms with E-state index in [9.17, 15) is 9.59 Å². The van der Waals surface area contributed by atoms with Crippen LogP contribution in [-0.2, 0) is 9.59 Å². The minimum absolute atomic E-state index is 0.121. The SMILES string of the molecule is O=C(CC1CCCC1)NCCC(=O)N1CCCC1. The third-order valence-electron chi connectivity index (χ3n) is 4.07. The molecule has 0 aromatic heterocycles. The van der Waals surface area contributed by atoms with E-state index in [0.717, 1.165) is 25.9 Å². The molecule has 1 saturated carbocycles. The van der Waals surface area contributed by atoms with Crippen molar-refractivity contribution >= 4 is 11.8 Å². The van der Waals surface area contributed by atoms with Crippen LogP contribution >= 0.6 is 0 Å². The molecule has 2 amide bonds. The molecular formula is C14H24N2O2. The molecule has 2 rings (SSSR count). The maximum Gasteiger partial charge on any atom is 0.224 e. The Morgan fingerprint density at radius 2 is 1.72 bits per heavy atom. The minimum atomic E-state index is 0.121. The number of hydrogen-bond donors (Lipinski definition) is 1. The minimum Gasteiger partial charge on any atom is -0.356 e. The van der Waals surface area contributed by atoms with Gasteiger partial charge in [0.25, 0.3) is 0 Å². The topological polar surface area (TPSA) is 49.4 Å². The van der Waals surface area contributed by atoms with Gasteiger partial charge < -0.3 is 10.2 Å². The molecule has 0 unspecified atom stereocenters. The van der Waals surface area contributed by atoms with E-state index in [4.69, 9.17) is 0 Å². The second kappa shape index (κ2) is 6.76. The van der Waals surface area contributed by atoms with Gasteiger partial charge >= 0.3 is 0 Å². The van der Waals surface area contributed by atoms with Crippen LogP contribution in [0.15, 0.2) is 0 Å². The van der Waals surface area contributed by atoms with E-state index in [-0.39, 0.29) is 11.8 Å². The smallest absolute Gasteiger partial charge is 0.224 e. The first kappa shape index (κ1) is 13.4. The number of carbonyl (C=O) groups is 2. The lowest BCUT2D eigenvalue weighted by Crippen LogP contribution is -2.33. The standard InChI is InChI=1S/C14H24N2O2/c17-13(11-12-5-1-2-6-12)15-8-7-14(18)16-9-3-4-10-16/h12H,1-11H2,(H,15,17). The summed E-state index contributed by atoms with van der Waals surface area (Å²) in [4.78, 5) is 25.3. The number of hydrogen-bond acceptors (Lipinski definition) is 2. The van der Waals surface area contributed by atoms with Gasteiger partial charge in [-0.3, -0.25) is 9.59 Å². The van der Waals surface area contributed by atoms with Crippen molar-refractivity contribution in [1.82, 2.24) is 10.2 Å². The van der Waals surface area contributed by atoms with Crippen LogP contribution in [0.3, 0.4) is 0 Å². The molecule has 1 saturated heterocycles. The van der Waals surface area contributed by atoms with Crippen molar-refractivity contribution in [1.29, 1.82) is 0 Å². The largest absolute Gasteiger partial charge is 0.356 e. The van der Waals surface area contributed by atoms with Crippen molar-refractivity contribution in [2.45, 2.75) is 51.4 Å². The van der Waals surface area contributed by atoms with Crippen LogP contribution in [0.1, 0.15) is 51.4 Å². The van der Waals surface area contributed by atoms with E-state index >= 15 is 0 Å². The van der Waals surface area contributed by atoms with E-state index < -0.39 is 0 Å². The summed E-state index contributed by atoms with van der Waals surface area (Å²) in [6, 6.07) is 0. The first-order chi connectivity index (χ1) is 8.75. The zero-order valence-corrected chi connectivity index (χ0v) is 11.1. The molecule has 0 atom stereocenters. The highest BCUT2D eigenvalue weighted by Crippen LogP contribution is 2.27. The molecule has 0 bridgehead atoms. The van der Waals surface area contributed by atoms with E-state index in [1.807, 2.05) is 4.90 Å². The van der Waals surface area contributed by atoms with Crippen LogP contribution in [0.2, 0.25) is 0 Å². The summed E-state index contributed by atoms with van der Waals surface area (Å²) in [6.45, 7) is 2.30. The molecule has 0 aromatic carbocycles. The van der Waals surface area contributed by atoms with Crippen LogP contribution in [-0.4, -0.2) is 36.3 Å². The summed E-state index contributed by atoms with van der Waals surface area (Å²) in [5.41, 5.74) is 0. The molecule has 0 radical (unpaired) electrons. The summed E-state index contributed by atoms with van der Waals surface area (Å²) >= 11 is 0. The van der Waals surface area contributed by atoms with Crippen LogP contribution in [0, 0.1) is 5.92 Å². The van der Waals surface area contributed by atoms with Gasteiger partial charge in [-0.05, 0) is 31.6 Å². The highest BCUT2D eigenvalue weighted by atomic mass is 16.2. The van der Waals surface area contributed by atoms with E-state index in [1.165, 1.54) is 25.7 Å². The second-order valence-corrected chi connectivity index (χ2v) is 5.54. The highest BCUT2D eigenvalue weighted by molar-refractivity contribution is 5.79. The number of rotatable bonds is 5. The van der Waals surface area contributed by atoms with Crippen LogP contribution in [0.4, 0.5) is 0 Å². The number of amides is 2. The van der Waals surface area contributed by atoms with E-state index in [1.54, 1.807) is 0 Å². The van der Waals surface area contributed by atoms with Crippen molar-refractivity contribution in [3.05, 3.63) is 0 Å². The number of nitrogens with zero attached hydrogens (tertiary/aromatic N) is 1. The molecule has 18 heavy (non-hydrogen) atoms. The highest BCUT2D eigenvalue weighted by Gasteiger charge is 2.19. The van der Waals surface area contributed by atoms with Crippen LogP contribution in [0.5, 0.6) is 0 Å². The fourth-order valence-corrected chi connectivity index (χ4v) is 2.98. The molecule has 1 aliphatic carbocycles. The number of nitrogens with one attached hydrogen (secondary N) is 1. The Balaban J connectivity index is 1.56. The maximum absolute atomic E-state index is 11.7. The van der Waals surface area contributed by atoms with E-state index in [0.29, 0.717) is 25.3 Å². The van der Waals surface area contributed by atoms with Gasteiger partial charge in [0.05, 0.1) is 0 Å². The Bertz CT molecular complexity index is 292. The van der Waals surface area contributed by atoms with Gasteiger partial charge in [-0.25, -0.2) is 0 Å². The zero-order valence-electron chi connectivity index (χ0n) is 11.1. The van der Waals surface area contributed by atoms with Gasteiger partial charge in [-0.15, -0.1) is 0 Å².